The molecule has 0 saturated carbocycles. The predicted octanol–water partition coefficient (Wildman–Crippen LogP) is 4.38. The van der Waals surface area contributed by atoms with Gasteiger partial charge in [-0.1, -0.05) is 16.8 Å². The standard InChI is InChI=1S/C18H14ClFN2O3/c1-11-10-13(19)4-7-15(11)24-17(23)9-8-16-21-18(22-25-16)12-2-5-14(20)6-3-12/h2-7,10H,8-9H2,1H3. The minimum absolute atomic E-state index is 0.0904. The lowest BCUT2D eigenvalue weighted by Crippen LogP contribution is -2.10. The molecule has 0 unspecified atom stereocenters. The molecule has 0 amide bonds. The third kappa shape index (κ3) is 4.42. The van der Waals surface area contributed by atoms with Crippen molar-refractivity contribution in [1.29, 1.82) is 0 Å². The molecule has 128 valence electrons. The van der Waals surface area contributed by atoms with Gasteiger partial charge in [0.25, 0.3) is 0 Å². The molecule has 0 saturated heterocycles. The Morgan fingerprint density at radius 3 is 2.72 bits per heavy atom. The first-order valence-corrected chi connectivity index (χ1v) is 7.94. The first-order chi connectivity index (χ1) is 12.0. The SMILES string of the molecule is Cc1cc(Cl)ccc1OC(=O)CCc1nc(-c2ccc(F)cc2)no1. The fraction of sp³-hybridized carbons (Fsp3) is 0.167. The van der Waals surface area contributed by atoms with E-state index < -0.39 is 5.97 Å². The third-order valence-corrected chi connectivity index (χ3v) is 3.71. The molecule has 5 nitrogen and oxygen atoms in total. The molecule has 0 N–H and O–H groups in total. The van der Waals surface area contributed by atoms with Crippen LogP contribution in [0.2, 0.25) is 5.02 Å². The molecule has 25 heavy (non-hydrogen) atoms. The molecule has 0 spiro atoms. The number of esters is 1. The number of hydrogen-bond acceptors (Lipinski definition) is 5. The van der Waals surface area contributed by atoms with E-state index in [4.69, 9.17) is 20.9 Å². The summed E-state index contributed by atoms with van der Waals surface area (Å²) >= 11 is 5.87. The van der Waals surface area contributed by atoms with Gasteiger partial charge in [0.05, 0.1) is 6.42 Å². The van der Waals surface area contributed by atoms with Crippen LogP contribution in [-0.4, -0.2) is 16.1 Å². The summed E-state index contributed by atoms with van der Waals surface area (Å²) in [5.41, 5.74) is 1.41. The summed E-state index contributed by atoms with van der Waals surface area (Å²) in [4.78, 5) is 16.1. The van der Waals surface area contributed by atoms with Crippen LogP contribution in [0.15, 0.2) is 47.0 Å². The second kappa shape index (κ2) is 7.44. The summed E-state index contributed by atoms with van der Waals surface area (Å²) in [5, 5.41) is 4.41. The van der Waals surface area contributed by atoms with E-state index in [0.717, 1.165) is 5.56 Å². The van der Waals surface area contributed by atoms with Crippen LogP contribution in [0.1, 0.15) is 17.9 Å². The summed E-state index contributed by atoms with van der Waals surface area (Å²) < 4.78 is 23.3. The first-order valence-electron chi connectivity index (χ1n) is 7.56. The highest BCUT2D eigenvalue weighted by Crippen LogP contribution is 2.22. The summed E-state index contributed by atoms with van der Waals surface area (Å²) in [6.07, 6.45) is 0.340. The number of benzene rings is 2. The van der Waals surface area contributed by atoms with Gasteiger partial charge in [0, 0.05) is 17.0 Å². The van der Waals surface area contributed by atoms with Crippen LogP contribution in [0.4, 0.5) is 4.39 Å². The molecular weight excluding hydrogens is 347 g/mol. The summed E-state index contributed by atoms with van der Waals surface area (Å²) in [7, 11) is 0. The lowest BCUT2D eigenvalue weighted by molar-refractivity contribution is -0.134. The minimum Gasteiger partial charge on any atom is -0.426 e. The van der Waals surface area contributed by atoms with Crippen molar-refractivity contribution < 1.29 is 18.4 Å². The van der Waals surface area contributed by atoms with Crippen LogP contribution < -0.4 is 4.74 Å². The summed E-state index contributed by atoms with van der Waals surface area (Å²) in [5.74, 6) is 0.368. The molecular formula is C18H14ClFN2O3. The van der Waals surface area contributed by atoms with Crippen molar-refractivity contribution in [3.63, 3.8) is 0 Å². The molecule has 3 rings (SSSR count). The van der Waals surface area contributed by atoms with Crippen LogP contribution >= 0.6 is 11.6 Å². The Labute approximate surface area is 148 Å². The van der Waals surface area contributed by atoms with Crippen LogP contribution in [0.5, 0.6) is 5.75 Å². The topological polar surface area (TPSA) is 65.2 Å². The fourth-order valence-electron chi connectivity index (χ4n) is 2.18. The number of carbonyl (C=O) groups excluding carboxylic acids is 1. The van der Waals surface area contributed by atoms with E-state index in [9.17, 15) is 9.18 Å². The minimum atomic E-state index is -0.410. The van der Waals surface area contributed by atoms with Gasteiger partial charge in [0.1, 0.15) is 11.6 Å². The zero-order chi connectivity index (χ0) is 17.8. The van der Waals surface area contributed by atoms with Gasteiger partial charge in [0.15, 0.2) is 0 Å². The van der Waals surface area contributed by atoms with E-state index in [-0.39, 0.29) is 18.7 Å². The number of aromatic nitrogens is 2. The number of halogens is 2. The van der Waals surface area contributed by atoms with E-state index in [1.54, 1.807) is 30.3 Å². The second-order valence-corrected chi connectivity index (χ2v) is 5.84. The predicted molar refractivity (Wildman–Crippen MR) is 89.8 cm³/mol. The van der Waals surface area contributed by atoms with Crippen molar-refractivity contribution in [2.24, 2.45) is 0 Å². The second-order valence-electron chi connectivity index (χ2n) is 5.40. The summed E-state index contributed by atoms with van der Waals surface area (Å²) in [6.45, 7) is 1.81. The number of aryl methyl sites for hydroxylation is 2. The van der Waals surface area contributed by atoms with Gasteiger partial charge >= 0.3 is 5.97 Å². The van der Waals surface area contributed by atoms with Crippen LogP contribution in [-0.2, 0) is 11.2 Å². The van der Waals surface area contributed by atoms with E-state index >= 15 is 0 Å². The molecule has 0 radical (unpaired) electrons. The zero-order valence-corrected chi connectivity index (χ0v) is 14.1. The number of hydrogen-bond donors (Lipinski definition) is 0. The van der Waals surface area contributed by atoms with Crippen molar-refractivity contribution in [3.8, 4) is 17.1 Å². The first kappa shape index (κ1) is 17.1. The van der Waals surface area contributed by atoms with Gasteiger partial charge in [-0.05, 0) is 55.0 Å². The molecule has 0 atom stereocenters. The van der Waals surface area contributed by atoms with Gasteiger partial charge in [-0.25, -0.2) is 4.39 Å². The van der Waals surface area contributed by atoms with Crippen molar-refractivity contribution in [2.75, 3.05) is 0 Å². The highest BCUT2D eigenvalue weighted by molar-refractivity contribution is 6.30. The largest absolute Gasteiger partial charge is 0.426 e. The smallest absolute Gasteiger partial charge is 0.311 e. The molecule has 1 heterocycles. The van der Waals surface area contributed by atoms with Crippen LogP contribution in [0.3, 0.4) is 0 Å². The Kier molecular flexibility index (Phi) is 5.09. The van der Waals surface area contributed by atoms with Crippen LogP contribution in [0, 0.1) is 12.7 Å². The Morgan fingerprint density at radius 1 is 1.24 bits per heavy atom. The number of nitrogens with zero attached hydrogens (tertiary/aromatic N) is 2. The van der Waals surface area contributed by atoms with Gasteiger partial charge in [-0.3, -0.25) is 4.79 Å². The van der Waals surface area contributed by atoms with Crippen molar-refractivity contribution >= 4 is 17.6 Å². The molecule has 0 aliphatic rings. The monoisotopic (exact) mass is 360 g/mol. The average Bonchev–Trinajstić information content (AvgIpc) is 3.05. The number of rotatable bonds is 5. The summed E-state index contributed by atoms with van der Waals surface area (Å²) in [6, 6.07) is 10.8. The number of carbonyl (C=O) groups is 1. The van der Waals surface area contributed by atoms with E-state index in [1.165, 1.54) is 12.1 Å². The third-order valence-electron chi connectivity index (χ3n) is 3.47. The van der Waals surface area contributed by atoms with Crippen molar-refractivity contribution in [3.05, 3.63) is 64.8 Å². The maximum absolute atomic E-state index is 12.9. The zero-order valence-electron chi connectivity index (χ0n) is 13.3. The van der Waals surface area contributed by atoms with Crippen LogP contribution in [0.25, 0.3) is 11.4 Å². The molecule has 0 aliphatic carbocycles. The molecule has 1 aromatic heterocycles. The Hall–Kier alpha value is -2.73. The molecule has 2 aromatic carbocycles. The lowest BCUT2D eigenvalue weighted by atomic mass is 10.2. The molecule has 0 aliphatic heterocycles. The quantitative estimate of drug-likeness (QED) is 0.499. The van der Waals surface area contributed by atoms with Gasteiger partial charge in [0.2, 0.25) is 11.7 Å². The molecule has 7 heteroatoms. The normalized spacial score (nSPS) is 10.7. The van der Waals surface area contributed by atoms with Gasteiger partial charge in [-0.2, -0.15) is 4.98 Å². The highest BCUT2D eigenvalue weighted by Gasteiger charge is 2.13. The van der Waals surface area contributed by atoms with Gasteiger partial charge in [-0.15, -0.1) is 0 Å². The maximum Gasteiger partial charge on any atom is 0.311 e. The Bertz CT molecular complexity index is 894. The van der Waals surface area contributed by atoms with E-state index in [2.05, 4.69) is 10.1 Å². The van der Waals surface area contributed by atoms with Gasteiger partial charge < -0.3 is 9.26 Å². The number of ether oxygens (including phenoxy) is 1. The molecule has 3 aromatic rings. The Morgan fingerprint density at radius 2 is 2.00 bits per heavy atom. The van der Waals surface area contributed by atoms with Crippen molar-refractivity contribution in [1.82, 2.24) is 10.1 Å². The van der Waals surface area contributed by atoms with E-state index in [0.29, 0.717) is 28.1 Å². The fourth-order valence-corrected chi connectivity index (χ4v) is 2.41. The molecule has 0 bridgehead atoms. The Balaban J connectivity index is 1.58. The molecule has 0 fully saturated rings. The van der Waals surface area contributed by atoms with Crippen molar-refractivity contribution in [2.45, 2.75) is 19.8 Å². The highest BCUT2D eigenvalue weighted by atomic mass is 35.5. The average molecular weight is 361 g/mol. The lowest BCUT2D eigenvalue weighted by Gasteiger charge is -2.06. The van der Waals surface area contributed by atoms with E-state index in [1.807, 2.05) is 6.92 Å². The maximum atomic E-state index is 12.9.